The van der Waals surface area contributed by atoms with Crippen molar-refractivity contribution in [2.45, 2.75) is 37.1 Å². The van der Waals surface area contributed by atoms with Gasteiger partial charge in [0.15, 0.2) is 12.1 Å². The van der Waals surface area contributed by atoms with Gasteiger partial charge in [-0.15, -0.1) is 0 Å². The number of carbonyl (C=O) groups is 1. The maximum Gasteiger partial charge on any atom is 0.230 e. The van der Waals surface area contributed by atoms with E-state index in [1.54, 1.807) is 24.5 Å². The SMILES string of the molecule is O=C(c1ccco1)[C@]12C[C@H]3CC[C@H]([C@@H]1[C@@H]3c1ccncc1)[C@H](O)O2. The Hall–Kier alpha value is -1.98. The highest BCUT2D eigenvalue weighted by molar-refractivity contribution is 6.01. The van der Waals surface area contributed by atoms with Crippen LogP contribution in [-0.4, -0.2) is 27.8 Å². The second-order valence-corrected chi connectivity index (χ2v) is 7.24. The molecule has 0 radical (unpaired) electrons. The van der Waals surface area contributed by atoms with Crippen molar-refractivity contribution in [3.8, 4) is 0 Å². The molecule has 2 saturated carbocycles. The highest BCUT2D eigenvalue weighted by atomic mass is 16.6. The molecule has 5 heteroatoms. The summed E-state index contributed by atoms with van der Waals surface area (Å²) >= 11 is 0. The molecule has 124 valence electrons. The molecule has 1 N–H and O–H groups in total. The summed E-state index contributed by atoms with van der Waals surface area (Å²) in [4.78, 5) is 17.3. The van der Waals surface area contributed by atoms with E-state index in [-0.39, 0.29) is 23.5 Å². The first-order valence-corrected chi connectivity index (χ1v) is 8.55. The number of Topliss-reactive ketones (excluding diaryl/α,β-unsaturated/α-hetero) is 1. The molecule has 5 rings (SSSR count). The fraction of sp³-hybridized carbons (Fsp3) is 0.474. The number of furan rings is 1. The lowest BCUT2D eigenvalue weighted by atomic mass is 9.67. The van der Waals surface area contributed by atoms with Crippen LogP contribution in [0.15, 0.2) is 47.3 Å². The summed E-state index contributed by atoms with van der Waals surface area (Å²) in [6.45, 7) is 0. The van der Waals surface area contributed by atoms with Gasteiger partial charge in [-0.2, -0.15) is 0 Å². The van der Waals surface area contributed by atoms with Crippen LogP contribution >= 0.6 is 0 Å². The topological polar surface area (TPSA) is 72.6 Å². The monoisotopic (exact) mass is 325 g/mol. The molecule has 5 nitrogen and oxygen atoms in total. The molecule has 2 aromatic heterocycles. The van der Waals surface area contributed by atoms with E-state index in [1.165, 1.54) is 11.8 Å². The van der Waals surface area contributed by atoms with Crippen molar-refractivity contribution in [3.05, 3.63) is 54.2 Å². The van der Waals surface area contributed by atoms with Crippen molar-refractivity contribution in [2.75, 3.05) is 0 Å². The predicted molar refractivity (Wildman–Crippen MR) is 84.2 cm³/mol. The second-order valence-electron chi connectivity index (χ2n) is 7.24. The Balaban J connectivity index is 1.62. The maximum atomic E-state index is 13.2. The number of nitrogens with zero attached hydrogens (tertiary/aromatic N) is 1. The van der Waals surface area contributed by atoms with Crippen molar-refractivity contribution >= 4 is 5.78 Å². The second kappa shape index (κ2) is 5.01. The average molecular weight is 325 g/mol. The smallest absolute Gasteiger partial charge is 0.230 e. The number of ketones is 1. The zero-order valence-electron chi connectivity index (χ0n) is 13.2. The summed E-state index contributed by atoms with van der Waals surface area (Å²) in [6, 6.07) is 7.45. The summed E-state index contributed by atoms with van der Waals surface area (Å²) in [5, 5.41) is 10.5. The van der Waals surface area contributed by atoms with Crippen LogP contribution < -0.4 is 0 Å². The molecule has 1 aliphatic heterocycles. The molecule has 0 aromatic carbocycles. The molecule has 2 aromatic rings. The number of carbonyl (C=O) groups excluding carboxylic acids is 1. The summed E-state index contributed by atoms with van der Waals surface area (Å²) in [7, 11) is 0. The van der Waals surface area contributed by atoms with Crippen LogP contribution in [-0.2, 0) is 4.74 Å². The number of fused-ring (bicyclic) bond motifs is 1. The molecule has 0 spiro atoms. The van der Waals surface area contributed by atoms with Gasteiger partial charge in [0.05, 0.1) is 6.26 Å². The normalized spacial score (nSPS) is 40.0. The minimum Gasteiger partial charge on any atom is -0.461 e. The number of hydrogen-bond acceptors (Lipinski definition) is 5. The van der Waals surface area contributed by atoms with E-state index in [9.17, 15) is 9.90 Å². The summed E-state index contributed by atoms with van der Waals surface area (Å²) in [6.07, 6.45) is 6.80. The number of aliphatic hydroxyl groups is 1. The number of ether oxygens (including phenoxy) is 1. The molecule has 1 saturated heterocycles. The zero-order valence-corrected chi connectivity index (χ0v) is 13.2. The van der Waals surface area contributed by atoms with E-state index in [4.69, 9.17) is 9.15 Å². The molecule has 24 heavy (non-hydrogen) atoms. The van der Waals surface area contributed by atoms with Gasteiger partial charge in [-0.05, 0) is 60.9 Å². The zero-order chi connectivity index (χ0) is 16.3. The van der Waals surface area contributed by atoms with Crippen LogP contribution in [0.3, 0.4) is 0 Å². The van der Waals surface area contributed by atoms with Gasteiger partial charge in [-0.1, -0.05) is 0 Å². The van der Waals surface area contributed by atoms with Gasteiger partial charge in [0, 0.05) is 24.2 Å². The van der Waals surface area contributed by atoms with Gasteiger partial charge in [0.25, 0.3) is 0 Å². The Labute approximate surface area is 139 Å². The van der Waals surface area contributed by atoms with Crippen LogP contribution in [0.2, 0.25) is 0 Å². The van der Waals surface area contributed by atoms with Crippen molar-refractivity contribution < 1.29 is 19.1 Å². The van der Waals surface area contributed by atoms with Crippen LogP contribution in [0.4, 0.5) is 0 Å². The highest BCUT2D eigenvalue weighted by Crippen LogP contribution is 2.65. The van der Waals surface area contributed by atoms with E-state index in [0.29, 0.717) is 18.1 Å². The number of aromatic nitrogens is 1. The first kappa shape index (κ1) is 14.4. The lowest BCUT2D eigenvalue weighted by Crippen LogP contribution is -2.42. The van der Waals surface area contributed by atoms with Gasteiger partial charge >= 0.3 is 0 Å². The van der Waals surface area contributed by atoms with Crippen LogP contribution in [0, 0.1) is 17.8 Å². The van der Waals surface area contributed by atoms with Crippen molar-refractivity contribution in [1.82, 2.24) is 4.98 Å². The molecule has 3 aliphatic rings. The largest absolute Gasteiger partial charge is 0.461 e. The van der Waals surface area contributed by atoms with Gasteiger partial charge in [0.1, 0.15) is 5.60 Å². The molecule has 3 fully saturated rings. The fourth-order valence-corrected chi connectivity index (χ4v) is 5.44. The van der Waals surface area contributed by atoms with Crippen molar-refractivity contribution in [2.24, 2.45) is 17.8 Å². The summed E-state index contributed by atoms with van der Waals surface area (Å²) in [5.74, 6) is 0.807. The van der Waals surface area contributed by atoms with Crippen molar-refractivity contribution in [3.63, 3.8) is 0 Å². The minimum absolute atomic E-state index is 0.000766. The Morgan fingerprint density at radius 3 is 2.83 bits per heavy atom. The standard InChI is InChI=1S/C19H19NO4/c21-17(14-2-1-9-23-14)19-10-12-3-4-13(18(22)24-19)16(19)15(12)11-5-7-20-8-6-11/h1-2,5-9,12-13,15-16,18,22H,3-4,10H2/t12-,13-,15-,16-,18-,19+/m1/s1. The van der Waals surface area contributed by atoms with Crippen LogP contribution in [0.25, 0.3) is 0 Å². The molecule has 0 amide bonds. The molecule has 6 atom stereocenters. The quantitative estimate of drug-likeness (QED) is 0.879. The number of pyridine rings is 1. The van der Waals surface area contributed by atoms with E-state index < -0.39 is 11.9 Å². The Morgan fingerprint density at radius 2 is 2.08 bits per heavy atom. The third kappa shape index (κ3) is 1.77. The third-order valence-corrected chi connectivity index (χ3v) is 6.25. The van der Waals surface area contributed by atoms with Gasteiger partial charge in [0.2, 0.25) is 5.78 Å². The van der Waals surface area contributed by atoms with Gasteiger partial charge in [-0.3, -0.25) is 9.78 Å². The fourth-order valence-electron chi connectivity index (χ4n) is 5.44. The van der Waals surface area contributed by atoms with E-state index in [0.717, 1.165) is 12.8 Å². The number of rotatable bonds is 3. The van der Waals surface area contributed by atoms with Gasteiger partial charge < -0.3 is 14.3 Å². The molecular formula is C19H19NO4. The van der Waals surface area contributed by atoms with Crippen LogP contribution in [0.1, 0.15) is 41.3 Å². The van der Waals surface area contributed by atoms with Crippen LogP contribution in [0.5, 0.6) is 0 Å². The summed E-state index contributed by atoms with van der Waals surface area (Å²) < 4.78 is 11.3. The molecule has 2 bridgehead atoms. The molecule has 2 aliphatic carbocycles. The van der Waals surface area contributed by atoms with Crippen molar-refractivity contribution in [1.29, 1.82) is 0 Å². The molecule has 0 unspecified atom stereocenters. The average Bonchev–Trinajstić information content (AvgIpc) is 3.26. The van der Waals surface area contributed by atoms with E-state index in [2.05, 4.69) is 4.98 Å². The number of aliphatic hydroxyl groups excluding tert-OH is 1. The number of hydrogen-bond donors (Lipinski definition) is 1. The Kier molecular flexibility index (Phi) is 3.00. The molecule has 3 heterocycles. The first-order valence-electron chi connectivity index (χ1n) is 8.55. The summed E-state index contributed by atoms with van der Waals surface area (Å²) in [5.41, 5.74) is 0.230. The first-order chi connectivity index (χ1) is 11.7. The van der Waals surface area contributed by atoms with E-state index in [1.807, 2.05) is 12.1 Å². The predicted octanol–water partition coefficient (Wildman–Crippen LogP) is 2.77. The highest BCUT2D eigenvalue weighted by Gasteiger charge is 2.69. The Bertz CT molecular complexity index is 759. The third-order valence-electron chi connectivity index (χ3n) is 6.25. The maximum absolute atomic E-state index is 13.2. The Morgan fingerprint density at radius 1 is 1.25 bits per heavy atom. The molecular weight excluding hydrogens is 306 g/mol. The minimum atomic E-state index is -0.961. The lowest BCUT2D eigenvalue weighted by molar-refractivity contribution is -0.142. The lowest BCUT2D eigenvalue weighted by Gasteiger charge is -2.35. The van der Waals surface area contributed by atoms with Gasteiger partial charge in [-0.25, -0.2) is 0 Å². The van der Waals surface area contributed by atoms with E-state index >= 15 is 0 Å².